The highest BCUT2D eigenvalue weighted by Gasteiger charge is 1.98. The van der Waals surface area contributed by atoms with Crippen LogP contribution in [0.5, 0.6) is 0 Å². The first kappa shape index (κ1) is 16.3. The summed E-state index contributed by atoms with van der Waals surface area (Å²) in [5, 5.41) is 0. The molecule has 0 nitrogen and oxygen atoms in total. The number of benzene rings is 2. The molecule has 0 unspecified atom stereocenters. The Kier molecular flexibility index (Phi) is 5.77. The highest BCUT2D eigenvalue weighted by Crippen LogP contribution is 2.21. The molecular weight excluding hydrogens is 264 g/mol. The topological polar surface area (TPSA) is 0 Å². The molecule has 0 aliphatic rings. The lowest BCUT2D eigenvalue weighted by atomic mass is 10.0. The second kappa shape index (κ2) is 7.79. The van der Waals surface area contributed by atoms with E-state index >= 15 is 0 Å². The first-order valence-electron chi connectivity index (χ1n) is 8.11. The molecule has 22 heavy (non-hydrogen) atoms. The zero-order valence-electron chi connectivity index (χ0n) is 14.1. The van der Waals surface area contributed by atoms with Gasteiger partial charge in [0.25, 0.3) is 0 Å². The van der Waals surface area contributed by atoms with Gasteiger partial charge in [-0.2, -0.15) is 0 Å². The van der Waals surface area contributed by atoms with Crippen molar-refractivity contribution in [2.75, 3.05) is 0 Å². The molecule has 114 valence electrons. The van der Waals surface area contributed by atoms with E-state index in [4.69, 9.17) is 0 Å². The van der Waals surface area contributed by atoms with Gasteiger partial charge in [-0.3, -0.25) is 0 Å². The fourth-order valence-corrected chi connectivity index (χ4v) is 2.18. The van der Waals surface area contributed by atoms with Crippen molar-refractivity contribution in [2.45, 2.75) is 27.7 Å². The molecule has 2 aromatic carbocycles. The zero-order valence-corrected chi connectivity index (χ0v) is 14.1. The molecule has 0 atom stereocenters. The molecule has 2 aromatic rings. The van der Waals surface area contributed by atoms with E-state index in [1.807, 2.05) is 0 Å². The minimum atomic E-state index is 0.589. The van der Waals surface area contributed by atoms with Gasteiger partial charge < -0.3 is 0 Å². The van der Waals surface area contributed by atoms with Gasteiger partial charge in [0, 0.05) is 0 Å². The van der Waals surface area contributed by atoms with Crippen LogP contribution >= 0.6 is 0 Å². The van der Waals surface area contributed by atoms with Crippen LogP contribution in [0.2, 0.25) is 0 Å². The van der Waals surface area contributed by atoms with Gasteiger partial charge in [0.15, 0.2) is 0 Å². The van der Waals surface area contributed by atoms with Gasteiger partial charge in [-0.25, -0.2) is 0 Å². The van der Waals surface area contributed by atoms with Gasteiger partial charge in [0.2, 0.25) is 0 Å². The second-order valence-electron chi connectivity index (χ2n) is 6.45. The standard InChI is InChI=1S/C22H26/c1-17(2)5-7-19-9-13-21(14-10-19)22-15-11-20(12-16-22)8-6-18(3)4/h5-18H,1-4H3/b7-5+,8-6+. The van der Waals surface area contributed by atoms with Crippen LogP contribution in [0.4, 0.5) is 0 Å². The highest BCUT2D eigenvalue weighted by molar-refractivity contribution is 5.67. The molecule has 0 bridgehead atoms. The molecule has 0 fully saturated rings. The van der Waals surface area contributed by atoms with Crippen LogP contribution in [-0.4, -0.2) is 0 Å². The molecular formula is C22H26. The van der Waals surface area contributed by atoms with Crippen LogP contribution in [0.1, 0.15) is 38.8 Å². The minimum Gasteiger partial charge on any atom is -0.0814 e. The lowest BCUT2D eigenvalue weighted by Crippen LogP contribution is -1.82. The Morgan fingerprint density at radius 1 is 0.545 bits per heavy atom. The summed E-state index contributed by atoms with van der Waals surface area (Å²) < 4.78 is 0. The molecule has 0 amide bonds. The predicted molar refractivity (Wildman–Crippen MR) is 99.6 cm³/mol. The molecule has 0 spiro atoms. The SMILES string of the molecule is CC(C)/C=C/c1ccc(-c2ccc(/C=C/C(C)C)cc2)cc1. The van der Waals surface area contributed by atoms with Crippen LogP contribution in [0.25, 0.3) is 23.3 Å². The minimum absolute atomic E-state index is 0.589. The van der Waals surface area contributed by atoms with Crippen molar-refractivity contribution in [3.8, 4) is 11.1 Å². The largest absolute Gasteiger partial charge is 0.0814 e. The van der Waals surface area contributed by atoms with E-state index < -0.39 is 0 Å². The quantitative estimate of drug-likeness (QED) is 0.575. The summed E-state index contributed by atoms with van der Waals surface area (Å²) in [6.07, 6.45) is 8.83. The Morgan fingerprint density at radius 3 is 1.14 bits per heavy atom. The number of hydrogen-bond acceptors (Lipinski definition) is 0. The van der Waals surface area contributed by atoms with E-state index in [2.05, 4.69) is 101 Å². The Labute approximate surface area is 135 Å². The molecule has 0 radical (unpaired) electrons. The Bertz CT molecular complexity index is 563. The normalized spacial score (nSPS) is 12.1. The van der Waals surface area contributed by atoms with Crippen molar-refractivity contribution in [3.05, 3.63) is 71.8 Å². The molecule has 0 saturated heterocycles. The molecule has 0 aliphatic carbocycles. The van der Waals surface area contributed by atoms with Crippen molar-refractivity contribution >= 4 is 12.2 Å². The van der Waals surface area contributed by atoms with Gasteiger partial charge in [0.05, 0.1) is 0 Å². The number of allylic oxidation sites excluding steroid dienone is 2. The molecule has 2 rings (SSSR count). The van der Waals surface area contributed by atoms with Gasteiger partial charge in [-0.1, -0.05) is 101 Å². The third kappa shape index (κ3) is 5.04. The van der Waals surface area contributed by atoms with Crippen LogP contribution in [0.3, 0.4) is 0 Å². The Morgan fingerprint density at radius 2 is 0.864 bits per heavy atom. The average molecular weight is 290 g/mol. The monoisotopic (exact) mass is 290 g/mol. The average Bonchev–Trinajstić information content (AvgIpc) is 2.52. The Hall–Kier alpha value is -2.08. The summed E-state index contributed by atoms with van der Waals surface area (Å²) in [7, 11) is 0. The van der Waals surface area contributed by atoms with Crippen LogP contribution in [0, 0.1) is 11.8 Å². The third-order valence-electron chi connectivity index (χ3n) is 3.50. The van der Waals surface area contributed by atoms with Crippen molar-refractivity contribution in [1.29, 1.82) is 0 Å². The molecule has 0 aromatic heterocycles. The smallest absolute Gasteiger partial charge is 0.0184 e. The van der Waals surface area contributed by atoms with E-state index in [1.165, 1.54) is 22.3 Å². The van der Waals surface area contributed by atoms with Crippen LogP contribution < -0.4 is 0 Å². The van der Waals surface area contributed by atoms with E-state index in [9.17, 15) is 0 Å². The predicted octanol–water partition coefficient (Wildman–Crippen LogP) is 6.69. The van der Waals surface area contributed by atoms with Gasteiger partial charge in [-0.05, 0) is 34.1 Å². The molecule has 0 heteroatoms. The van der Waals surface area contributed by atoms with Crippen molar-refractivity contribution in [2.24, 2.45) is 11.8 Å². The lowest BCUT2D eigenvalue weighted by Gasteiger charge is -2.04. The summed E-state index contributed by atoms with van der Waals surface area (Å²) in [5.41, 5.74) is 5.05. The summed E-state index contributed by atoms with van der Waals surface area (Å²) in [6.45, 7) is 8.78. The van der Waals surface area contributed by atoms with E-state index in [1.54, 1.807) is 0 Å². The maximum Gasteiger partial charge on any atom is -0.0184 e. The maximum absolute atomic E-state index is 2.23. The Balaban J connectivity index is 2.11. The molecule has 0 heterocycles. The zero-order chi connectivity index (χ0) is 15.9. The first-order chi connectivity index (χ1) is 10.5. The summed E-state index contributed by atoms with van der Waals surface area (Å²) >= 11 is 0. The van der Waals surface area contributed by atoms with Crippen LogP contribution in [-0.2, 0) is 0 Å². The fraction of sp³-hybridized carbons (Fsp3) is 0.273. The van der Waals surface area contributed by atoms with Gasteiger partial charge in [0.1, 0.15) is 0 Å². The molecule has 0 N–H and O–H groups in total. The lowest BCUT2D eigenvalue weighted by molar-refractivity contribution is 0.836. The van der Waals surface area contributed by atoms with E-state index in [0.29, 0.717) is 11.8 Å². The van der Waals surface area contributed by atoms with E-state index in [-0.39, 0.29) is 0 Å². The van der Waals surface area contributed by atoms with Crippen molar-refractivity contribution in [3.63, 3.8) is 0 Å². The number of hydrogen-bond donors (Lipinski definition) is 0. The highest BCUT2D eigenvalue weighted by atomic mass is 14.0. The van der Waals surface area contributed by atoms with E-state index in [0.717, 1.165) is 0 Å². The third-order valence-corrected chi connectivity index (χ3v) is 3.50. The molecule has 0 saturated carbocycles. The van der Waals surface area contributed by atoms with Gasteiger partial charge in [-0.15, -0.1) is 0 Å². The first-order valence-corrected chi connectivity index (χ1v) is 8.11. The van der Waals surface area contributed by atoms with Crippen LogP contribution in [0.15, 0.2) is 60.7 Å². The summed E-state index contributed by atoms with van der Waals surface area (Å²) in [6, 6.07) is 17.5. The molecule has 0 aliphatic heterocycles. The number of rotatable bonds is 5. The van der Waals surface area contributed by atoms with Crippen molar-refractivity contribution < 1.29 is 0 Å². The van der Waals surface area contributed by atoms with Gasteiger partial charge >= 0.3 is 0 Å². The maximum atomic E-state index is 2.23. The summed E-state index contributed by atoms with van der Waals surface area (Å²) in [4.78, 5) is 0. The van der Waals surface area contributed by atoms with Crippen molar-refractivity contribution in [1.82, 2.24) is 0 Å². The summed E-state index contributed by atoms with van der Waals surface area (Å²) in [5.74, 6) is 1.18. The second-order valence-corrected chi connectivity index (χ2v) is 6.45. The fourth-order valence-electron chi connectivity index (χ4n) is 2.18.